The van der Waals surface area contributed by atoms with Gasteiger partial charge in [-0.15, -0.1) is 0 Å². The predicted molar refractivity (Wildman–Crippen MR) is 38.1 cm³/mol. The number of aromatic amines is 1. The fraction of sp³-hybridized carbons (Fsp3) is 0.500. The number of rotatable bonds is 3. The molecular weight excluding hydrogens is 146 g/mol. The van der Waals surface area contributed by atoms with Crippen LogP contribution in [0.4, 0.5) is 0 Å². The van der Waals surface area contributed by atoms with Crippen LogP contribution >= 0.6 is 0 Å². The van der Waals surface area contributed by atoms with Crippen molar-refractivity contribution in [1.29, 1.82) is 0 Å². The van der Waals surface area contributed by atoms with Gasteiger partial charge >= 0.3 is 5.69 Å². The molecule has 1 aromatic heterocycles. The minimum atomic E-state index is -0.341. The van der Waals surface area contributed by atoms with E-state index in [0.717, 1.165) is 4.68 Å². The Kier molecular flexibility index (Phi) is 2.20. The summed E-state index contributed by atoms with van der Waals surface area (Å²) in [6.45, 7) is 1.82. The fourth-order valence-corrected chi connectivity index (χ4v) is 0.672. The smallest absolute Gasteiger partial charge is 0.298 e. The van der Waals surface area contributed by atoms with Crippen molar-refractivity contribution in [2.45, 2.75) is 19.9 Å². The van der Waals surface area contributed by atoms with Gasteiger partial charge < -0.3 is 0 Å². The van der Waals surface area contributed by atoms with Gasteiger partial charge in [-0.25, -0.2) is 9.48 Å². The second-order valence-electron chi connectivity index (χ2n) is 2.14. The molecule has 0 unspecified atom stereocenters. The molecule has 0 atom stereocenters. The van der Waals surface area contributed by atoms with Crippen molar-refractivity contribution < 1.29 is 4.79 Å². The van der Waals surface area contributed by atoms with Crippen molar-refractivity contribution >= 4 is 5.78 Å². The van der Waals surface area contributed by atoms with Crippen LogP contribution in [-0.2, 0) is 11.3 Å². The maximum Gasteiger partial charge on any atom is 0.343 e. The van der Waals surface area contributed by atoms with Gasteiger partial charge in [0.15, 0.2) is 5.78 Å². The summed E-state index contributed by atoms with van der Waals surface area (Å²) in [5.41, 5.74) is -0.341. The van der Waals surface area contributed by atoms with Crippen LogP contribution in [0.5, 0.6) is 0 Å². The first kappa shape index (κ1) is 7.71. The molecule has 0 bridgehead atoms. The van der Waals surface area contributed by atoms with E-state index in [1.165, 1.54) is 6.33 Å². The quantitative estimate of drug-likeness (QED) is 0.642. The van der Waals surface area contributed by atoms with Crippen LogP contribution in [0.1, 0.15) is 13.3 Å². The second kappa shape index (κ2) is 3.14. The van der Waals surface area contributed by atoms with E-state index in [-0.39, 0.29) is 18.0 Å². The maximum absolute atomic E-state index is 10.8. The topological polar surface area (TPSA) is 67.8 Å². The Balaban J connectivity index is 2.72. The van der Waals surface area contributed by atoms with Crippen LogP contribution in [0, 0.1) is 0 Å². The number of hydrogen-bond donors (Lipinski definition) is 1. The molecule has 60 valence electrons. The zero-order valence-electron chi connectivity index (χ0n) is 6.20. The molecule has 1 N–H and O–H groups in total. The van der Waals surface area contributed by atoms with E-state index >= 15 is 0 Å². The molecule has 0 radical (unpaired) electrons. The lowest BCUT2D eigenvalue weighted by molar-refractivity contribution is -0.119. The van der Waals surface area contributed by atoms with Crippen LogP contribution in [-0.4, -0.2) is 20.5 Å². The highest BCUT2D eigenvalue weighted by atomic mass is 16.2. The van der Waals surface area contributed by atoms with Gasteiger partial charge in [-0.1, -0.05) is 6.92 Å². The van der Waals surface area contributed by atoms with E-state index < -0.39 is 0 Å². The van der Waals surface area contributed by atoms with Crippen molar-refractivity contribution in [3.05, 3.63) is 16.8 Å². The number of aromatic nitrogens is 3. The molecule has 5 nitrogen and oxygen atoms in total. The van der Waals surface area contributed by atoms with Gasteiger partial charge in [-0.05, 0) is 0 Å². The molecule has 0 spiro atoms. The van der Waals surface area contributed by atoms with Gasteiger partial charge in [0.05, 0.1) is 0 Å². The molecular formula is C6H9N3O2. The average molecular weight is 155 g/mol. The van der Waals surface area contributed by atoms with E-state index in [1.807, 2.05) is 0 Å². The largest absolute Gasteiger partial charge is 0.343 e. The molecule has 1 aromatic rings. The Hall–Kier alpha value is -1.39. The number of nitrogens with zero attached hydrogens (tertiary/aromatic N) is 2. The molecule has 0 aliphatic heterocycles. The lowest BCUT2D eigenvalue weighted by Crippen LogP contribution is -2.22. The second-order valence-corrected chi connectivity index (χ2v) is 2.14. The third kappa shape index (κ3) is 1.76. The number of carbonyl (C=O) groups excluding carboxylic acids is 1. The minimum Gasteiger partial charge on any atom is -0.298 e. The van der Waals surface area contributed by atoms with E-state index in [9.17, 15) is 9.59 Å². The molecule has 0 fully saturated rings. The average Bonchev–Trinajstić information content (AvgIpc) is 2.37. The summed E-state index contributed by atoms with van der Waals surface area (Å²) in [5.74, 6) is -0.000741. The van der Waals surface area contributed by atoms with Gasteiger partial charge in [-0.2, -0.15) is 5.10 Å². The molecule has 0 aromatic carbocycles. The number of carbonyl (C=O) groups is 1. The van der Waals surface area contributed by atoms with Crippen molar-refractivity contribution in [2.24, 2.45) is 0 Å². The summed E-state index contributed by atoms with van der Waals surface area (Å²) in [6, 6.07) is 0. The number of H-pyrrole nitrogens is 1. The van der Waals surface area contributed by atoms with E-state index in [4.69, 9.17) is 0 Å². The number of ketones is 1. The summed E-state index contributed by atoms with van der Waals surface area (Å²) >= 11 is 0. The standard InChI is InChI=1S/C6H9N3O2/c1-2-5(10)3-9-6(11)7-4-8-9/h4H,2-3H2,1H3,(H,7,8,11). The lowest BCUT2D eigenvalue weighted by atomic mass is 10.3. The predicted octanol–water partition coefficient (Wildman–Crippen LogP) is -0.449. The first-order valence-corrected chi connectivity index (χ1v) is 3.36. The van der Waals surface area contributed by atoms with Crippen LogP contribution < -0.4 is 5.69 Å². The highest BCUT2D eigenvalue weighted by Gasteiger charge is 2.02. The van der Waals surface area contributed by atoms with E-state index in [0.29, 0.717) is 6.42 Å². The summed E-state index contributed by atoms with van der Waals surface area (Å²) in [7, 11) is 0. The first-order chi connectivity index (χ1) is 5.24. The number of nitrogens with one attached hydrogen (secondary N) is 1. The van der Waals surface area contributed by atoms with Crippen LogP contribution in [0.3, 0.4) is 0 Å². The molecule has 1 heterocycles. The SMILES string of the molecule is CCC(=O)Cn1nc[nH]c1=O. The Morgan fingerprint density at radius 1 is 1.82 bits per heavy atom. The molecule has 1 rings (SSSR count). The molecule has 0 aliphatic rings. The van der Waals surface area contributed by atoms with Crippen LogP contribution in [0.2, 0.25) is 0 Å². The molecule has 11 heavy (non-hydrogen) atoms. The van der Waals surface area contributed by atoms with Crippen molar-refractivity contribution in [2.75, 3.05) is 0 Å². The van der Waals surface area contributed by atoms with Gasteiger partial charge in [0, 0.05) is 6.42 Å². The lowest BCUT2D eigenvalue weighted by Gasteiger charge is -1.93. The summed E-state index contributed by atoms with van der Waals surface area (Å²) < 4.78 is 1.10. The summed E-state index contributed by atoms with van der Waals surface area (Å²) in [4.78, 5) is 23.9. The van der Waals surface area contributed by atoms with Gasteiger partial charge in [0.1, 0.15) is 12.9 Å². The van der Waals surface area contributed by atoms with Crippen LogP contribution in [0.15, 0.2) is 11.1 Å². The number of Topliss-reactive ketones (excluding diaryl/α,β-unsaturated/α-hetero) is 1. The van der Waals surface area contributed by atoms with Gasteiger partial charge in [0.2, 0.25) is 0 Å². The zero-order chi connectivity index (χ0) is 8.27. The third-order valence-corrected chi connectivity index (χ3v) is 1.34. The van der Waals surface area contributed by atoms with Gasteiger partial charge in [-0.3, -0.25) is 9.78 Å². The normalized spacial score (nSPS) is 9.91. The molecule has 5 heteroatoms. The highest BCUT2D eigenvalue weighted by Crippen LogP contribution is 1.82. The summed E-state index contributed by atoms with van der Waals surface area (Å²) in [6.07, 6.45) is 1.70. The van der Waals surface area contributed by atoms with Crippen molar-refractivity contribution in [1.82, 2.24) is 14.8 Å². The monoisotopic (exact) mass is 155 g/mol. The highest BCUT2D eigenvalue weighted by molar-refractivity contribution is 5.77. The Morgan fingerprint density at radius 3 is 3.00 bits per heavy atom. The van der Waals surface area contributed by atoms with E-state index in [2.05, 4.69) is 10.1 Å². The van der Waals surface area contributed by atoms with Crippen molar-refractivity contribution in [3.8, 4) is 0 Å². The molecule has 0 amide bonds. The Labute approximate surface area is 63.0 Å². The first-order valence-electron chi connectivity index (χ1n) is 3.36. The number of hydrogen-bond acceptors (Lipinski definition) is 3. The molecule has 0 saturated carbocycles. The summed E-state index contributed by atoms with van der Waals surface area (Å²) in [5, 5.41) is 3.63. The molecule has 0 aliphatic carbocycles. The zero-order valence-corrected chi connectivity index (χ0v) is 6.20. The minimum absolute atomic E-state index is 0.000741. The molecule has 0 saturated heterocycles. The maximum atomic E-state index is 10.8. The van der Waals surface area contributed by atoms with Crippen molar-refractivity contribution in [3.63, 3.8) is 0 Å². The Bertz CT molecular complexity index is 299. The third-order valence-electron chi connectivity index (χ3n) is 1.34. The van der Waals surface area contributed by atoms with Crippen LogP contribution in [0.25, 0.3) is 0 Å². The fourth-order valence-electron chi connectivity index (χ4n) is 0.672. The van der Waals surface area contributed by atoms with Gasteiger partial charge in [0.25, 0.3) is 0 Å². The van der Waals surface area contributed by atoms with E-state index in [1.54, 1.807) is 6.92 Å². The Morgan fingerprint density at radius 2 is 2.55 bits per heavy atom.